The number of carbonyl (C=O) groups is 1. The van der Waals surface area contributed by atoms with Crippen molar-refractivity contribution in [1.82, 2.24) is 19.9 Å². The number of carbonyl (C=O) groups excluding carboxylic acids is 1. The average Bonchev–Trinajstić information content (AvgIpc) is 3.27. The Hall–Kier alpha value is -3.97. The van der Waals surface area contributed by atoms with Crippen LogP contribution in [0.5, 0.6) is 0 Å². The van der Waals surface area contributed by atoms with E-state index in [-0.39, 0.29) is 17.4 Å². The van der Waals surface area contributed by atoms with Crippen molar-refractivity contribution in [2.24, 2.45) is 7.05 Å². The van der Waals surface area contributed by atoms with Crippen LogP contribution in [0.25, 0.3) is 21.8 Å². The van der Waals surface area contributed by atoms with Gasteiger partial charge < -0.3 is 15.3 Å². The molecule has 2 aromatic heterocycles. The Balaban J connectivity index is 1.46. The van der Waals surface area contributed by atoms with E-state index in [9.17, 15) is 9.59 Å². The van der Waals surface area contributed by atoms with Crippen molar-refractivity contribution in [2.75, 3.05) is 6.54 Å². The van der Waals surface area contributed by atoms with Gasteiger partial charge in [-0.2, -0.15) is 0 Å². The highest BCUT2D eigenvalue weighted by Crippen LogP contribution is 2.30. The van der Waals surface area contributed by atoms with Crippen LogP contribution in [0.4, 0.5) is 0 Å². The van der Waals surface area contributed by atoms with Crippen LogP contribution in [0.2, 0.25) is 0 Å². The maximum Gasteiger partial charge on any atom is 0.261 e. The molecule has 7 heteroatoms. The van der Waals surface area contributed by atoms with Crippen molar-refractivity contribution in [3.8, 4) is 0 Å². The summed E-state index contributed by atoms with van der Waals surface area (Å²) >= 11 is 5.20. The number of aromatic amines is 2. The molecule has 0 saturated heterocycles. The van der Waals surface area contributed by atoms with Crippen molar-refractivity contribution < 1.29 is 4.79 Å². The number of fused-ring (bicyclic) bond motifs is 2. The monoisotopic (exact) mass is 454 g/mol. The maximum absolute atomic E-state index is 13.1. The number of hydrogen-bond acceptors (Lipinski definition) is 3. The molecule has 3 N–H and O–H groups in total. The van der Waals surface area contributed by atoms with E-state index in [1.165, 1.54) is 4.57 Å². The Bertz CT molecular complexity index is 1600. The second-order valence-corrected chi connectivity index (χ2v) is 8.40. The molecule has 1 amide bonds. The summed E-state index contributed by atoms with van der Waals surface area (Å²) in [5, 5.41) is 4.70. The lowest BCUT2D eigenvalue weighted by molar-refractivity contribution is 0.0952. The average molecular weight is 455 g/mol. The predicted molar refractivity (Wildman–Crippen MR) is 133 cm³/mol. The summed E-state index contributed by atoms with van der Waals surface area (Å²) < 4.78 is 1.69. The Kier molecular flexibility index (Phi) is 5.40. The van der Waals surface area contributed by atoms with E-state index in [0.717, 1.165) is 22.0 Å². The second-order valence-electron chi connectivity index (χ2n) is 8.02. The molecular formula is C26H22N4O2S. The first-order valence-corrected chi connectivity index (χ1v) is 11.1. The molecule has 2 heterocycles. The summed E-state index contributed by atoms with van der Waals surface area (Å²) in [6.07, 6.45) is 2.01. The second kappa shape index (κ2) is 8.52. The van der Waals surface area contributed by atoms with Crippen LogP contribution < -0.4 is 10.9 Å². The lowest BCUT2D eigenvalue weighted by Crippen LogP contribution is -2.29. The topological polar surface area (TPSA) is 82.7 Å². The van der Waals surface area contributed by atoms with Gasteiger partial charge in [-0.1, -0.05) is 48.5 Å². The predicted octanol–water partition coefficient (Wildman–Crippen LogP) is 4.64. The Morgan fingerprint density at radius 3 is 2.58 bits per heavy atom. The van der Waals surface area contributed by atoms with Gasteiger partial charge in [0.05, 0.1) is 10.9 Å². The number of nitrogens with zero attached hydrogens (tertiary/aromatic N) is 1. The highest BCUT2D eigenvalue weighted by Gasteiger charge is 2.19. The number of H-pyrrole nitrogens is 2. The smallest absolute Gasteiger partial charge is 0.261 e. The summed E-state index contributed by atoms with van der Waals surface area (Å²) in [6, 6.07) is 23.3. The molecule has 0 bridgehead atoms. The van der Waals surface area contributed by atoms with Crippen LogP contribution in [0.1, 0.15) is 27.4 Å². The normalized spacial score (nSPS) is 12.2. The van der Waals surface area contributed by atoms with Gasteiger partial charge in [0.15, 0.2) is 4.77 Å². The van der Waals surface area contributed by atoms with Crippen LogP contribution in [0.3, 0.4) is 0 Å². The van der Waals surface area contributed by atoms with Gasteiger partial charge >= 0.3 is 0 Å². The number of nitrogens with one attached hydrogen (secondary N) is 3. The molecule has 5 aromatic rings. The van der Waals surface area contributed by atoms with Gasteiger partial charge in [0.25, 0.3) is 11.5 Å². The lowest BCUT2D eigenvalue weighted by atomic mass is 9.91. The van der Waals surface area contributed by atoms with Crippen molar-refractivity contribution >= 4 is 39.9 Å². The summed E-state index contributed by atoms with van der Waals surface area (Å²) in [6.45, 7) is 0.426. The quantitative estimate of drug-likeness (QED) is 0.338. The number of amides is 1. The SMILES string of the molecule is Cn1c(=S)[nH]c2cc(C(=O)NCC(c3ccccc3)c3c[nH]c4ccccc34)ccc2c1=O. The number of benzene rings is 3. The van der Waals surface area contributed by atoms with Gasteiger partial charge in [-0.25, -0.2) is 0 Å². The molecule has 0 saturated carbocycles. The van der Waals surface area contributed by atoms with Crippen LogP contribution in [-0.4, -0.2) is 27.0 Å². The van der Waals surface area contributed by atoms with Crippen molar-refractivity contribution in [3.63, 3.8) is 0 Å². The number of para-hydroxylation sites is 1. The molecule has 33 heavy (non-hydrogen) atoms. The van der Waals surface area contributed by atoms with E-state index in [2.05, 4.69) is 33.5 Å². The zero-order chi connectivity index (χ0) is 22.9. The van der Waals surface area contributed by atoms with Crippen LogP contribution in [0, 0.1) is 4.77 Å². The first-order valence-electron chi connectivity index (χ1n) is 10.6. The fraction of sp³-hybridized carbons (Fsp3) is 0.115. The highest BCUT2D eigenvalue weighted by molar-refractivity contribution is 7.71. The van der Waals surface area contributed by atoms with Crippen molar-refractivity contribution in [3.05, 3.63) is 111 Å². The van der Waals surface area contributed by atoms with Crippen LogP contribution in [0.15, 0.2) is 83.8 Å². The Labute approximate surface area is 194 Å². The standard InChI is InChI=1S/C26H22N4O2S/c1-30-25(32)19-12-11-17(13-23(19)29-26(30)33)24(31)28-14-20(16-7-3-2-4-8-16)21-15-27-22-10-6-5-9-18(21)22/h2-13,15,20,27H,14H2,1H3,(H,28,31)(H,29,33). The first kappa shape index (κ1) is 20.9. The van der Waals surface area contributed by atoms with E-state index in [1.807, 2.05) is 42.6 Å². The lowest BCUT2D eigenvalue weighted by Gasteiger charge is -2.18. The Morgan fingerprint density at radius 2 is 1.76 bits per heavy atom. The van der Waals surface area contributed by atoms with Gasteiger partial charge in [0.2, 0.25) is 0 Å². The number of hydrogen-bond donors (Lipinski definition) is 3. The minimum Gasteiger partial charge on any atom is -0.361 e. The third kappa shape index (κ3) is 3.87. The number of rotatable bonds is 5. The molecule has 3 aromatic carbocycles. The van der Waals surface area contributed by atoms with E-state index >= 15 is 0 Å². The highest BCUT2D eigenvalue weighted by atomic mass is 32.1. The first-order chi connectivity index (χ1) is 16.0. The van der Waals surface area contributed by atoms with E-state index in [0.29, 0.717) is 27.8 Å². The molecule has 0 spiro atoms. The van der Waals surface area contributed by atoms with Gasteiger partial charge in [-0.05, 0) is 47.6 Å². The third-order valence-electron chi connectivity index (χ3n) is 6.03. The maximum atomic E-state index is 13.1. The molecular weight excluding hydrogens is 432 g/mol. The van der Waals surface area contributed by atoms with E-state index in [4.69, 9.17) is 12.2 Å². The molecule has 6 nitrogen and oxygen atoms in total. The summed E-state index contributed by atoms with van der Waals surface area (Å²) in [7, 11) is 1.62. The zero-order valence-corrected chi connectivity index (χ0v) is 18.8. The Morgan fingerprint density at radius 1 is 1.00 bits per heavy atom. The molecule has 0 aliphatic heterocycles. The molecule has 164 valence electrons. The van der Waals surface area contributed by atoms with Crippen molar-refractivity contribution in [1.29, 1.82) is 0 Å². The molecule has 0 aliphatic carbocycles. The minimum absolute atomic E-state index is 0.0233. The molecule has 1 unspecified atom stereocenters. The molecule has 0 fully saturated rings. The fourth-order valence-corrected chi connectivity index (χ4v) is 4.41. The van der Waals surface area contributed by atoms with Crippen LogP contribution in [-0.2, 0) is 7.05 Å². The van der Waals surface area contributed by atoms with E-state index < -0.39 is 0 Å². The van der Waals surface area contributed by atoms with Crippen LogP contribution >= 0.6 is 12.2 Å². The zero-order valence-electron chi connectivity index (χ0n) is 18.0. The number of aromatic nitrogens is 3. The van der Waals surface area contributed by atoms with E-state index in [1.54, 1.807) is 25.2 Å². The summed E-state index contributed by atoms with van der Waals surface area (Å²) in [5.74, 6) is -0.234. The largest absolute Gasteiger partial charge is 0.361 e. The van der Waals surface area contributed by atoms with Gasteiger partial charge in [-0.15, -0.1) is 0 Å². The third-order valence-corrected chi connectivity index (χ3v) is 6.40. The molecule has 1 atom stereocenters. The van der Waals surface area contributed by atoms with Gasteiger partial charge in [0, 0.05) is 42.2 Å². The van der Waals surface area contributed by atoms with Crippen molar-refractivity contribution in [2.45, 2.75) is 5.92 Å². The fourth-order valence-electron chi connectivity index (χ4n) is 4.22. The van der Waals surface area contributed by atoms with Gasteiger partial charge in [-0.3, -0.25) is 14.2 Å². The molecule has 0 aliphatic rings. The molecule has 0 radical (unpaired) electrons. The minimum atomic E-state index is -0.210. The molecule has 5 rings (SSSR count). The summed E-state index contributed by atoms with van der Waals surface area (Å²) in [5.41, 5.74) is 4.13. The summed E-state index contributed by atoms with van der Waals surface area (Å²) in [4.78, 5) is 31.8. The van der Waals surface area contributed by atoms with Gasteiger partial charge in [0.1, 0.15) is 0 Å².